The van der Waals surface area contributed by atoms with Crippen LogP contribution in [0.15, 0.2) is 48.5 Å². The smallest absolute Gasteiger partial charge is 0.387 e. The van der Waals surface area contributed by atoms with Gasteiger partial charge in [0.25, 0.3) is 5.69 Å². The van der Waals surface area contributed by atoms with Crippen molar-refractivity contribution in [2.24, 2.45) is 0 Å². The second-order valence-electron chi connectivity index (χ2n) is 6.49. The van der Waals surface area contributed by atoms with Gasteiger partial charge in [-0.1, -0.05) is 0 Å². The lowest BCUT2D eigenvalue weighted by Gasteiger charge is -2.35. The summed E-state index contributed by atoms with van der Waals surface area (Å²) in [5.74, 6) is -0.170. The van der Waals surface area contributed by atoms with E-state index in [1.165, 1.54) is 36.4 Å². The van der Waals surface area contributed by atoms with E-state index in [1.807, 2.05) is 4.90 Å². The highest BCUT2D eigenvalue weighted by atomic mass is 19.3. The van der Waals surface area contributed by atoms with E-state index in [-0.39, 0.29) is 23.9 Å². The van der Waals surface area contributed by atoms with Gasteiger partial charge in [-0.05, 0) is 36.4 Å². The van der Waals surface area contributed by atoms with Crippen LogP contribution in [0, 0.1) is 10.1 Å². The normalized spacial score (nSPS) is 14.7. The Hall–Kier alpha value is -3.27. The van der Waals surface area contributed by atoms with Crippen LogP contribution in [0.25, 0.3) is 0 Å². The molecule has 0 spiro atoms. The van der Waals surface area contributed by atoms with Gasteiger partial charge in [-0.15, -0.1) is 0 Å². The third kappa shape index (κ3) is 5.85. The van der Waals surface area contributed by atoms with E-state index in [0.717, 1.165) is 5.69 Å². The number of piperazine rings is 1. The molecule has 0 bridgehead atoms. The van der Waals surface area contributed by atoms with Crippen molar-refractivity contribution in [2.75, 3.05) is 42.9 Å². The first kappa shape index (κ1) is 20.5. The van der Waals surface area contributed by atoms with E-state index in [9.17, 15) is 23.7 Å². The summed E-state index contributed by atoms with van der Waals surface area (Å²) in [5.41, 5.74) is 1.46. The summed E-state index contributed by atoms with van der Waals surface area (Å²) in [6, 6.07) is 12.1. The molecule has 0 aliphatic carbocycles. The number of hydrogen-bond acceptors (Lipinski definition) is 6. The second-order valence-corrected chi connectivity index (χ2v) is 6.49. The Labute approximate surface area is 165 Å². The number of nitro groups is 1. The van der Waals surface area contributed by atoms with E-state index < -0.39 is 11.5 Å². The van der Waals surface area contributed by atoms with E-state index >= 15 is 0 Å². The van der Waals surface area contributed by atoms with Gasteiger partial charge in [-0.25, -0.2) is 0 Å². The van der Waals surface area contributed by atoms with Crippen molar-refractivity contribution in [2.45, 2.75) is 6.61 Å². The van der Waals surface area contributed by atoms with Gasteiger partial charge in [0.15, 0.2) is 0 Å². The van der Waals surface area contributed by atoms with Crippen LogP contribution in [-0.2, 0) is 4.79 Å². The third-order valence-electron chi connectivity index (χ3n) is 4.53. The number of nitro benzene ring substituents is 1. The maximum atomic E-state index is 12.2. The molecule has 1 aliphatic heterocycles. The van der Waals surface area contributed by atoms with Crippen molar-refractivity contribution in [3.63, 3.8) is 0 Å². The fourth-order valence-corrected chi connectivity index (χ4v) is 3.07. The minimum Gasteiger partial charge on any atom is -0.435 e. The number of carbonyl (C=O) groups is 1. The van der Waals surface area contributed by atoms with Crippen LogP contribution < -0.4 is 15.0 Å². The van der Waals surface area contributed by atoms with Gasteiger partial charge in [-0.3, -0.25) is 19.8 Å². The van der Waals surface area contributed by atoms with Crippen molar-refractivity contribution in [3.8, 4) is 5.75 Å². The lowest BCUT2D eigenvalue weighted by molar-refractivity contribution is -0.384. The molecule has 154 valence electrons. The number of alkyl halides is 2. The van der Waals surface area contributed by atoms with Crippen LogP contribution in [0.5, 0.6) is 5.75 Å². The summed E-state index contributed by atoms with van der Waals surface area (Å²) in [6.07, 6.45) is 0. The average Bonchev–Trinajstić information content (AvgIpc) is 2.70. The minimum absolute atomic E-state index is 0.0281. The van der Waals surface area contributed by atoms with E-state index in [0.29, 0.717) is 31.9 Å². The molecule has 1 N–H and O–H groups in total. The van der Waals surface area contributed by atoms with E-state index in [1.54, 1.807) is 12.1 Å². The molecular formula is C19H20F2N4O4. The summed E-state index contributed by atoms with van der Waals surface area (Å²) in [6.45, 7) is 0.0656. The van der Waals surface area contributed by atoms with Crippen molar-refractivity contribution in [1.29, 1.82) is 0 Å². The summed E-state index contributed by atoms with van der Waals surface area (Å²) in [4.78, 5) is 26.6. The molecule has 1 fully saturated rings. The third-order valence-corrected chi connectivity index (χ3v) is 4.53. The molecule has 1 aliphatic rings. The standard InChI is InChI=1S/C19H20F2N4O4/c20-19(21)29-17-7-1-14(2-8-17)22-18(26)13-23-9-11-24(12-10-23)15-3-5-16(6-4-15)25(27)28/h1-8,19H,9-13H2,(H,22,26). The molecule has 0 atom stereocenters. The molecule has 0 radical (unpaired) electrons. The molecule has 1 amide bonds. The number of carbonyl (C=O) groups excluding carboxylic acids is 1. The SMILES string of the molecule is O=C(CN1CCN(c2ccc([N+](=O)[O-])cc2)CC1)Nc1ccc(OC(F)F)cc1. The van der Waals surface area contributed by atoms with E-state index in [4.69, 9.17) is 0 Å². The summed E-state index contributed by atoms with van der Waals surface area (Å²) >= 11 is 0. The Morgan fingerprint density at radius 2 is 1.69 bits per heavy atom. The Balaban J connectivity index is 1.45. The number of hydrogen-bond donors (Lipinski definition) is 1. The molecule has 1 saturated heterocycles. The number of anilines is 2. The highest BCUT2D eigenvalue weighted by molar-refractivity contribution is 5.92. The molecule has 0 unspecified atom stereocenters. The molecule has 2 aromatic rings. The largest absolute Gasteiger partial charge is 0.435 e. The zero-order chi connectivity index (χ0) is 20.8. The predicted molar refractivity (Wildman–Crippen MR) is 103 cm³/mol. The van der Waals surface area contributed by atoms with Crippen molar-refractivity contribution >= 4 is 23.0 Å². The summed E-state index contributed by atoms with van der Waals surface area (Å²) in [5, 5.41) is 13.5. The van der Waals surface area contributed by atoms with Gasteiger partial charge in [0.05, 0.1) is 11.5 Å². The van der Waals surface area contributed by atoms with Crippen LogP contribution in [0.3, 0.4) is 0 Å². The van der Waals surface area contributed by atoms with Crippen LogP contribution in [0.4, 0.5) is 25.8 Å². The van der Waals surface area contributed by atoms with Gasteiger partial charge in [0, 0.05) is 49.7 Å². The monoisotopic (exact) mass is 406 g/mol. The van der Waals surface area contributed by atoms with E-state index in [2.05, 4.69) is 15.0 Å². The predicted octanol–water partition coefficient (Wildman–Crippen LogP) is 2.96. The van der Waals surface area contributed by atoms with Gasteiger partial charge in [-0.2, -0.15) is 8.78 Å². The molecule has 8 nitrogen and oxygen atoms in total. The number of rotatable bonds is 7. The Morgan fingerprint density at radius 1 is 1.07 bits per heavy atom. The molecule has 2 aromatic carbocycles. The maximum Gasteiger partial charge on any atom is 0.387 e. The topological polar surface area (TPSA) is 88.0 Å². The zero-order valence-corrected chi connectivity index (χ0v) is 15.5. The average molecular weight is 406 g/mol. The molecular weight excluding hydrogens is 386 g/mol. The van der Waals surface area contributed by atoms with Crippen LogP contribution in [0.2, 0.25) is 0 Å². The number of nitrogens with one attached hydrogen (secondary N) is 1. The Kier molecular flexibility index (Phi) is 6.55. The summed E-state index contributed by atoms with van der Waals surface area (Å²) < 4.78 is 28.6. The molecule has 0 aromatic heterocycles. The molecule has 0 saturated carbocycles. The first-order chi connectivity index (χ1) is 13.9. The summed E-state index contributed by atoms with van der Waals surface area (Å²) in [7, 11) is 0. The minimum atomic E-state index is -2.89. The van der Waals surface area contributed by atoms with Crippen LogP contribution >= 0.6 is 0 Å². The lowest BCUT2D eigenvalue weighted by Crippen LogP contribution is -2.48. The number of ether oxygens (including phenoxy) is 1. The van der Waals surface area contributed by atoms with Gasteiger partial charge in [0.2, 0.25) is 5.91 Å². The zero-order valence-electron chi connectivity index (χ0n) is 15.5. The number of halogens is 2. The lowest BCUT2D eigenvalue weighted by atomic mass is 10.2. The van der Waals surface area contributed by atoms with Crippen molar-refractivity contribution in [3.05, 3.63) is 58.6 Å². The maximum absolute atomic E-state index is 12.2. The number of amides is 1. The highest BCUT2D eigenvalue weighted by Gasteiger charge is 2.20. The second kappa shape index (κ2) is 9.28. The van der Waals surface area contributed by atoms with Gasteiger partial charge in [0.1, 0.15) is 5.75 Å². The Morgan fingerprint density at radius 3 is 2.24 bits per heavy atom. The number of benzene rings is 2. The molecule has 1 heterocycles. The fourth-order valence-electron chi connectivity index (χ4n) is 3.07. The number of nitrogens with zero attached hydrogens (tertiary/aromatic N) is 3. The molecule has 3 rings (SSSR count). The fraction of sp³-hybridized carbons (Fsp3) is 0.316. The van der Waals surface area contributed by atoms with Crippen LogP contribution in [0.1, 0.15) is 0 Å². The van der Waals surface area contributed by atoms with Gasteiger partial charge >= 0.3 is 6.61 Å². The first-order valence-electron chi connectivity index (χ1n) is 8.97. The Bertz CT molecular complexity index is 838. The van der Waals surface area contributed by atoms with Crippen molar-refractivity contribution in [1.82, 2.24) is 4.90 Å². The van der Waals surface area contributed by atoms with Crippen molar-refractivity contribution < 1.29 is 23.2 Å². The first-order valence-corrected chi connectivity index (χ1v) is 8.97. The molecule has 29 heavy (non-hydrogen) atoms. The van der Waals surface area contributed by atoms with Gasteiger partial charge < -0.3 is 15.0 Å². The van der Waals surface area contributed by atoms with Crippen LogP contribution in [-0.4, -0.2) is 55.1 Å². The highest BCUT2D eigenvalue weighted by Crippen LogP contribution is 2.21. The molecule has 10 heteroatoms. The number of non-ortho nitro benzene ring substituents is 1. The quantitative estimate of drug-likeness (QED) is 0.562.